The molecule has 0 radical (unpaired) electrons. The summed E-state index contributed by atoms with van der Waals surface area (Å²) in [5.74, 6) is -0.366. The minimum Gasteiger partial charge on any atom is -0.379 e. The van der Waals surface area contributed by atoms with Crippen molar-refractivity contribution in [3.63, 3.8) is 0 Å². The lowest BCUT2D eigenvalue weighted by Crippen LogP contribution is -2.40. The Labute approximate surface area is 161 Å². The normalized spacial score (nSPS) is 26.2. The molecule has 1 N–H and O–H groups in total. The van der Waals surface area contributed by atoms with Crippen LogP contribution in [-0.4, -0.2) is 49.3 Å². The lowest BCUT2D eigenvalue weighted by Gasteiger charge is -2.26. The number of nitrogens with one attached hydrogen (secondary N) is 1. The van der Waals surface area contributed by atoms with E-state index in [1.54, 1.807) is 6.92 Å². The van der Waals surface area contributed by atoms with E-state index in [2.05, 4.69) is 5.32 Å². The van der Waals surface area contributed by atoms with Crippen LogP contribution in [0, 0.1) is 5.41 Å². The molecule has 1 saturated heterocycles. The summed E-state index contributed by atoms with van der Waals surface area (Å²) in [6.45, 7) is 2.84. The van der Waals surface area contributed by atoms with Crippen LogP contribution in [-0.2, 0) is 19.6 Å². The van der Waals surface area contributed by atoms with Crippen molar-refractivity contribution in [1.29, 1.82) is 0 Å². The highest BCUT2D eigenvalue weighted by atomic mass is 35.5. The Kier molecular flexibility index (Phi) is 5.03. The second-order valence-corrected chi connectivity index (χ2v) is 10.1. The van der Waals surface area contributed by atoms with Gasteiger partial charge in [0.25, 0.3) is 0 Å². The molecule has 1 atom stereocenters. The summed E-state index contributed by atoms with van der Waals surface area (Å²) >= 11 is 18.1. The molecule has 0 unspecified atom stereocenters. The molecule has 0 bridgehead atoms. The highest BCUT2D eigenvalue weighted by Gasteiger charge is 2.67. The number of morpholine rings is 1. The quantitative estimate of drug-likeness (QED) is 0.750. The largest absolute Gasteiger partial charge is 0.379 e. The summed E-state index contributed by atoms with van der Waals surface area (Å²) in [6.07, 6.45) is 0.335. The fourth-order valence-corrected chi connectivity index (χ4v) is 5.23. The molecule has 1 aliphatic carbocycles. The predicted octanol–water partition coefficient (Wildman–Crippen LogP) is 2.88. The van der Waals surface area contributed by atoms with Gasteiger partial charge in [-0.1, -0.05) is 11.6 Å². The maximum Gasteiger partial charge on any atom is 0.244 e. The Balaban J connectivity index is 1.85. The van der Waals surface area contributed by atoms with Crippen molar-refractivity contribution in [2.75, 3.05) is 31.6 Å². The molecule has 6 nitrogen and oxygen atoms in total. The van der Waals surface area contributed by atoms with Crippen LogP contribution < -0.4 is 5.32 Å². The van der Waals surface area contributed by atoms with Crippen LogP contribution in [0.1, 0.15) is 13.3 Å². The second kappa shape index (κ2) is 6.55. The number of rotatable bonds is 4. The van der Waals surface area contributed by atoms with Crippen LogP contribution in [0.4, 0.5) is 5.69 Å². The number of benzene rings is 1. The van der Waals surface area contributed by atoms with E-state index in [1.807, 2.05) is 0 Å². The molecule has 0 aromatic heterocycles. The van der Waals surface area contributed by atoms with Crippen LogP contribution in [0.3, 0.4) is 0 Å². The van der Waals surface area contributed by atoms with Crippen molar-refractivity contribution in [3.8, 4) is 0 Å². The zero-order chi connectivity index (χ0) is 18.5. The average Bonchev–Trinajstić information content (AvgIpc) is 3.09. The summed E-state index contributed by atoms with van der Waals surface area (Å²) in [4.78, 5) is 12.3. The Bertz CT molecular complexity index is 809. The minimum absolute atomic E-state index is 0.0576. The van der Waals surface area contributed by atoms with E-state index in [-0.39, 0.29) is 28.9 Å². The van der Waals surface area contributed by atoms with Gasteiger partial charge in [0, 0.05) is 18.8 Å². The van der Waals surface area contributed by atoms with Crippen LogP contribution in [0.2, 0.25) is 5.02 Å². The van der Waals surface area contributed by atoms with Crippen LogP contribution in [0.15, 0.2) is 23.1 Å². The summed E-state index contributed by atoms with van der Waals surface area (Å²) in [5.41, 5.74) is -0.586. The molecule has 3 rings (SSSR count). The Morgan fingerprint density at radius 3 is 2.44 bits per heavy atom. The SMILES string of the molecule is C[C@]1(C(=O)Nc2ccc(Cl)c(S(=O)(=O)N3CCOCC3)c2)CC1(Cl)Cl. The van der Waals surface area contributed by atoms with Gasteiger partial charge in [-0.05, 0) is 31.5 Å². The van der Waals surface area contributed by atoms with Crippen molar-refractivity contribution < 1.29 is 17.9 Å². The number of halogens is 3. The van der Waals surface area contributed by atoms with Crippen molar-refractivity contribution in [2.24, 2.45) is 5.41 Å². The van der Waals surface area contributed by atoms with E-state index in [4.69, 9.17) is 39.5 Å². The number of carbonyl (C=O) groups is 1. The molecule has 25 heavy (non-hydrogen) atoms. The molecule has 2 aliphatic rings. The first-order chi connectivity index (χ1) is 11.6. The summed E-state index contributed by atoms with van der Waals surface area (Å²) in [7, 11) is -3.78. The third-order valence-electron chi connectivity index (χ3n) is 4.54. The number of sulfonamides is 1. The molecule has 1 aliphatic heterocycles. The van der Waals surface area contributed by atoms with Crippen molar-refractivity contribution in [1.82, 2.24) is 4.31 Å². The average molecular weight is 428 g/mol. The monoisotopic (exact) mass is 426 g/mol. The lowest BCUT2D eigenvalue weighted by molar-refractivity contribution is -0.120. The van der Waals surface area contributed by atoms with Gasteiger partial charge in [0.05, 0.1) is 23.7 Å². The number of hydrogen-bond acceptors (Lipinski definition) is 4. The number of anilines is 1. The van der Waals surface area contributed by atoms with E-state index in [0.717, 1.165) is 0 Å². The fraction of sp³-hybridized carbons (Fsp3) is 0.533. The summed E-state index contributed by atoms with van der Waals surface area (Å²) in [5, 5.41) is 2.76. The molecule has 10 heteroatoms. The molecule has 1 saturated carbocycles. The Morgan fingerprint density at radius 2 is 1.88 bits per heavy atom. The lowest BCUT2D eigenvalue weighted by atomic mass is 10.1. The van der Waals surface area contributed by atoms with Gasteiger partial charge in [-0.15, -0.1) is 23.2 Å². The number of ether oxygens (including phenoxy) is 1. The van der Waals surface area contributed by atoms with Crippen LogP contribution in [0.25, 0.3) is 0 Å². The Hall–Kier alpha value is -0.570. The molecule has 2 fully saturated rings. The number of carbonyl (C=O) groups excluding carboxylic acids is 1. The smallest absolute Gasteiger partial charge is 0.244 e. The fourth-order valence-electron chi connectivity index (χ4n) is 2.62. The van der Waals surface area contributed by atoms with Gasteiger partial charge in [-0.2, -0.15) is 4.31 Å². The zero-order valence-corrected chi connectivity index (χ0v) is 16.5. The topological polar surface area (TPSA) is 75.7 Å². The third-order valence-corrected chi connectivity index (χ3v) is 8.02. The number of alkyl halides is 2. The van der Waals surface area contributed by atoms with E-state index < -0.39 is 19.8 Å². The van der Waals surface area contributed by atoms with Crippen LogP contribution >= 0.6 is 34.8 Å². The molecule has 1 heterocycles. The van der Waals surface area contributed by atoms with Gasteiger partial charge >= 0.3 is 0 Å². The van der Waals surface area contributed by atoms with E-state index in [1.165, 1.54) is 22.5 Å². The zero-order valence-electron chi connectivity index (χ0n) is 13.4. The molecule has 1 aromatic rings. The minimum atomic E-state index is -3.78. The van der Waals surface area contributed by atoms with Gasteiger partial charge in [-0.3, -0.25) is 4.79 Å². The second-order valence-electron chi connectivity index (χ2n) is 6.33. The highest BCUT2D eigenvalue weighted by molar-refractivity contribution is 7.89. The van der Waals surface area contributed by atoms with Gasteiger partial charge in [-0.25, -0.2) is 8.42 Å². The van der Waals surface area contributed by atoms with Gasteiger partial charge in [0.1, 0.15) is 9.23 Å². The molecule has 138 valence electrons. The number of amides is 1. The van der Waals surface area contributed by atoms with Crippen molar-refractivity contribution in [3.05, 3.63) is 23.2 Å². The summed E-state index contributed by atoms with van der Waals surface area (Å²) in [6, 6.07) is 4.32. The molecule has 1 amide bonds. The maximum atomic E-state index is 12.8. The maximum absolute atomic E-state index is 12.8. The molecular weight excluding hydrogens is 411 g/mol. The van der Waals surface area contributed by atoms with Crippen molar-refractivity contribution >= 4 is 56.4 Å². The highest BCUT2D eigenvalue weighted by Crippen LogP contribution is 2.64. The third kappa shape index (κ3) is 3.50. The summed E-state index contributed by atoms with van der Waals surface area (Å²) < 4.78 is 31.0. The van der Waals surface area contributed by atoms with Gasteiger partial charge in [0.15, 0.2) is 0 Å². The van der Waals surface area contributed by atoms with Gasteiger partial charge < -0.3 is 10.1 Å². The molecular formula is C15H17Cl3N2O4S. The molecule has 0 spiro atoms. The van der Waals surface area contributed by atoms with Crippen LogP contribution in [0.5, 0.6) is 0 Å². The first-order valence-electron chi connectivity index (χ1n) is 7.65. The van der Waals surface area contributed by atoms with Gasteiger partial charge in [0.2, 0.25) is 15.9 Å². The van der Waals surface area contributed by atoms with E-state index >= 15 is 0 Å². The van der Waals surface area contributed by atoms with E-state index in [0.29, 0.717) is 25.3 Å². The predicted molar refractivity (Wildman–Crippen MR) is 96.8 cm³/mol. The van der Waals surface area contributed by atoms with Crippen molar-refractivity contribution in [2.45, 2.75) is 22.6 Å². The first-order valence-corrected chi connectivity index (χ1v) is 10.2. The molecule has 1 aromatic carbocycles. The standard InChI is InChI=1S/C15H17Cl3N2O4S/c1-14(9-15(14,17)18)13(21)19-10-2-3-11(16)12(8-10)25(22,23)20-4-6-24-7-5-20/h2-3,8H,4-7,9H2,1H3,(H,19,21)/t14-/m1/s1. The van der Waals surface area contributed by atoms with E-state index in [9.17, 15) is 13.2 Å². The number of nitrogens with zero attached hydrogens (tertiary/aromatic N) is 1. The first kappa shape index (κ1) is 19.2. The number of hydrogen-bond donors (Lipinski definition) is 1. The Morgan fingerprint density at radius 1 is 1.28 bits per heavy atom.